The van der Waals surface area contributed by atoms with E-state index < -0.39 is 0 Å². The fourth-order valence-electron chi connectivity index (χ4n) is 4.07. The summed E-state index contributed by atoms with van der Waals surface area (Å²) in [5, 5.41) is 12.8. The number of carbonyl (C=O) groups is 1. The summed E-state index contributed by atoms with van der Waals surface area (Å²) in [5.41, 5.74) is 7.29. The molecule has 31 heavy (non-hydrogen) atoms. The third-order valence-electron chi connectivity index (χ3n) is 5.71. The molecule has 160 valence electrons. The first-order valence-electron chi connectivity index (χ1n) is 10.2. The van der Waals surface area contributed by atoms with Gasteiger partial charge in [0, 0.05) is 32.7 Å². The van der Waals surface area contributed by atoms with E-state index in [4.69, 9.17) is 10.3 Å². The van der Waals surface area contributed by atoms with Gasteiger partial charge in [0.15, 0.2) is 17.0 Å². The minimum atomic E-state index is -0.203. The normalized spacial score (nSPS) is 16.9. The number of hydrogen-bond acceptors (Lipinski definition) is 8. The molecule has 1 atom stereocenters. The summed E-state index contributed by atoms with van der Waals surface area (Å²) in [6, 6.07) is 7.30. The van der Waals surface area contributed by atoms with Crippen LogP contribution in [0.5, 0.6) is 0 Å². The second kappa shape index (κ2) is 7.42. The topological polar surface area (TPSA) is 131 Å². The Bertz CT molecular complexity index is 1260. The van der Waals surface area contributed by atoms with Crippen molar-refractivity contribution in [1.29, 1.82) is 0 Å². The highest BCUT2D eigenvalue weighted by Crippen LogP contribution is 2.29. The number of fused-ring (bicyclic) bond motifs is 2. The summed E-state index contributed by atoms with van der Waals surface area (Å²) in [7, 11) is 1.83. The van der Waals surface area contributed by atoms with Crippen molar-refractivity contribution in [3.63, 3.8) is 0 Å². The number of amides is 2. The standard InChI is InChI=1S/C20H23N9O2/c1-3-12-11-28(20(30)23-16-13-6-4-5-7-15(13)31-26-16)8-9-29(12)18-14-10-22-27(2)17(14)24-19(21)25-18/h4-7,10,12H,3,8-9,11H2,1-2H3,(H2,21,24,25)(H,23,26,30)/t12-/m0/s1. The largest absolute Gasteiger partial charge is 0.368 e. The Balaban J connectivity index is 1.37. The highest BCUT2D eigenvalue weighted by atomic mass is 16.5. The lowest BCUT2D eigenvalue weighted by Gasteiger charge is -2.41. The maximum atomic E-state index is 12.9. The third-order valence-corrected chi connectivity index (χ3v) is 5.71. The summed E-state index contributed by atoms with van der Waals surface area (Å²) in [6.07, 6.45) is 2.59. The van der Waals surface area contributed by atoms with Gasteiger partial charge < -0.3 is 20.1 Å². The Hall–Kier alpha value is -3.89. The Kier molecular flexibility index (Phi) is 4.57. The number of carbonyl (C=O) groups excluding carboxylic acids is 1. The highest BCUT2D eigenvalue weighted by Gasteiger charge is 2.31. The lowest BCUT2D eigenvalue weighted by atomic mass is 10.1. The average Bonchev–Trinajstić information content (AvgIpc) is 3.36. The minimum absolute atomic E-state index is 0.0752. The predicted molar refractivity (Wildman–Crippen MR) is 117 cm³/mol. The molecule has 3 N–H and O–H groups in total. The molecule has 0 saturated carbocycles. The number of hydrogen-bond donors (Lipinski definition) is 2. The van der Waals surface area contributed by atoms with Crippen LogP contribution in [0.15, 0.2) is 35.0 Å². The molecule has 1 fully saturated rings. The van der Waals surface area contributed by atoms with Gasteiger partial charge in [0.1, 0.15) is 5.82 Å². The number of para-hydroxylation sites is 1. The summed E-state index contributed by atoms with van der Waals surface area (Å²) < 4.78 is 6.97. The highest BCUT2D eigenvalue weighted by molar-refractivity contribution is 5.98. The van der Waals surface area contributed by atoms with Crippen molar-refractivity contribution in [3.05, 3.63) is 30.5 Å². The third kappa shape index (κ3) is 3.27. The lowest BCUT2D eigenvalue weighted by molar-refractivity contribution is 0.197. The molecule has 2 amide bonds. The minimum Gasteiger partial charge on any atom is -0.368 e. The zero-order valence-electron chi connectivity index (χ0n) is 17.3. The van der Waals surface area contributed by atoms with Crippen molar-refractivity contribution in [3.8, 4) is 0 Å². The van der Waals surface area contributed by atoms with E-state index in [-0.39, 0.29) is 18.0 Å². The van der Waals surface area contributed by atoms with E-state index in [1.165, 1.54) is 0 Å². The molecule has 0 spiro atoms. The number of nitrogens with two attached hydrogens (primary N) is 1. The fourth-order valence-corrected chi connectivity index (χ4v) is 4.07. The second-order valence-electron chi connectivity index (χ2n) is 7.57. The molecule has 1 aromatic carbocycles. The average molecular weight is 421 g/mol. The van der Waals surface area contributed by atoms with Gasteiger partial charge in [0.2, 0.25) is 5.95 Å². The first-order chi connectivity index (χ1) is 15.0. The molecule has 4 heterocycles. The number of anilines is 3. The molecule has 3 aromatic heterocycles. The predicted octanol–water partition coefficient (Wildman–Crippen LogP) is 2.22. The molecule has 5 rings (SSSR count). The van der Waals surface area contributed by atoms with E-state index in [1.54, 1.807) is 15.8 Å². The monoisotopic (exact) mass is 421 g/mol. The van der Waals surface area contributed by atoms with Gasteiger partial charge in [0.05, 0.1) is 17.0 Å². The van der Waals surface area contributed by atoms with Crippen LogP contribution < -0.4 is 16.0 Å². The number of benzene rings is 1. The van der Waals surface area contributed by atoms with E-state index in [0.29, 0.717) is 36.7 Å². The number of aryl methyl sites for hydroxylation is 1. The molecule has 1 saturated heterocycles. The molecule has 0 radical (unpaired) electrons. The first kappa shape index (κ1) is 19.1. The van der Waals surface area contributed by atoms with Crippen molar-refractivity contribution in [2.24, 2.45) is 7.05 Å². The Morgan fingerprint density at radius 3 is 2.94 bits per heavy atom. The fraction of sp³-hybridized carbons (Fsp3) is 0.350. The zero-order valence-corrected chi connectivity index (χ0v) is 17.3. The van der Waals surface area contributed by atoms with E-state index in [1.807, 2.05) is 31.3 Å². The number of urea groups is 1. The van der Waals surface area contributed by atoms with Gasteiger partial charge in [-0.15, -0.1) is 0 Å². The molecule has 11 heteroatoms. The Morgan fingerprint density at radius 1 is 1.26 bits per heavy atom. The molecular weight excluding hydrogens is 398 g/mol. The summed E-state index contributed by atoms with van der Waals surface area (Å²) in [6.45, 7) is 3.79. The van der Waals surface area contributed by atoms with Crippen LogP contribution in [0.3, 0.4) is 0 Å². The lowest BCUT2D eigenvalue weighted by Crippen LogP contribution is -2.56. The van der Waals surface area contributed by atoms with Crippen LogP contribution in [-0.2, 0) is 7.05 Å². The van der Waals surface area contributed by atoms with Gasteiger partial charge in [-0.05, 0) is 18.6 Å². The summed E-state index contributed by atoms with van der Waals surface area (Å²) in [4.78, 5) is 25.7. The van der Waals surface area contributed by atoms with Crippen LogP contribution in [-0.4, -0.2) is 61.5 Å². The van der Waals surface area contributed by atoms with E-state index in [9.17, 15) is 4.79 Å². The quantitative estimate of drug-likeness (QED) is 0.515. The van der Waals surface area contributed by atoms with Crippen molar-refractivity contribution in [1.82, 2.24) is 29.8 Å². The SMILES string of the molecule is CC[C@H]1CN(C(=O)Nc2noc3ccccc23)CCN1c1nc(N)nc2c1cnn2C. The second-order valence-corrected chi connectivity index (χ2v) is 7.57. The van der Waals surface area contributed by atoms with E-state index in [0.717, 1.165) is 23.0 Å². The number of nitrogens with one attached hydrogen (secondary N) is 1. The van der Waals surface area contributed by atoms with Crippen LogP contribution >= 0.6 is 0 Å². The van der Waals surface area contributed by atoms with Crippen molar-refractivity contribution >= 4 is 45.6 Å². The smallest absolute Gasteiger partial charge is 0.323 e. The van der Waals surface area contributed by atoms with Crippen LogP contribution in [0, 0.1) is 0 Å². The summed E-state index contributed by atoms with van der Waals surface area (Å²) in [5.74, 6) is 1.39. The maximum Gasteiger partial charge on any atom is 0.323 e. The Labute approximate surface area is 177 Å². The van der Waals surface area contributed by atoms with Crippen LogP contribution in [0.25, 0.3) is 22.0 Å². The molecule has 0 bridgehead atoms. The molecular formula is C20H23N9O2. The van der Waals surface area contributed by atoms with Gasteiger partial charge >= 0.3 is 6.03 Å². The van der Waals surface area contributed by atoms with Crippen molar-refractivity contribution in [2.75, 3.05) is 35.6 Å². The van der Waals surface area contributed by atoms with Crippen LogP contribution in [0.1, 0.15) is 13.3 Å². The van der Waals surface area contributed by atoms with Gasteiger partial charge in [-0.3, -0.25) is 10.00 Å². The van der Waals surface area contributed by atoms with Gasteiger partial charge in [0.25, 0.3) is 0 Å². The number of nitrogens with zero attached hydrogens (tertiary/aromatic N) is 7. The van der Waals surface area contributed by atoms with Crippen LogP contribution in [0.4, 0.5) is 22.4 Å². The molecule has 4 aromatic rings. The van der Waals surface area contributed by atoms with Crippen molar-refractivity contribution in [2.45, 2.75) is 19.4 Å². The summed E-state index contributed by atoms with van der Waals surface area (Å²) >= 11 is 0. The number of aromatic nitrogens is 5. The van der Waals surface area contributed by atoms with Crippen molar-refractivity contribution < 1.29 is 9.32 Å². The number of piperazine rings is 1. The van der Waals surface area contributed by atoms with E-state index in [2.05, 4.69) is 37.4 Å². The first-order valence-corrected chi connectivity index (χ1v) is 10.2. The number of nitrogen functional groups attached to an aromatic ring is 1. The maximum absolute atomic E-state index is 12.9. The van der Waals surface area contributed by atoms with Gasteiger partial charge in [-0.2, -0.15) is 15.1 Å². The van der Waals surface area contributed by atoms with Gasteiger partial charge in [-0.25, -0.2) is 4.79 Å². The molecule has 1 aliphatic rings. The molecule has 0 unspecified atom stereocenters. The Morgan fingerprint density at radius 2 is 2.10 bits per heavy atom. The van der Waals surface area contributed by atoms with E-state index >= 15 is 0 Å². The van der Waals surface area contributed by atoms with Gasteiger partial charge in [-0.1, -0.05) is 24.2 Å². The van der Waals surface area contributed by atoms with Crippen LogP contribution in [0.2, 0.25) is 0 Å². The molecule has 11 nitrogen and oxygen atoms in total. The number of rotatable bonds is 3. The zero-order chi connectivity index (χ0) is 21.5. The molecule has 0 aliphatic carbocycles. The molecule has 1 aliphatic heterocycles.